The fourth-order valence-corrected chi connectivity index (χ4v) is 3.62. The van der Waals surface area contributed by atoms with Gasteiger partial charge in [0.15, 0.2) is 0 Å². The molecule has 2 N–H and O–H groups in total. The smallest absolute Gasteiger partial charge is 0.475 e. The Kier molecular flexibility index (Phi) is 7.41. The van der Waals surface area contributed by atoms with Crippen molar-refractivity contribution >= 4 is 29.3 Å². The number of rotatable bonds is 4. The Balaban J connectivity index is 0.000000360. The van der Waals surface area contributed by atoms with Gasteiger partial charge in [0.05, 0.1) is 30.5 Å². The highest BCUT2D eigenvalue weighted by atomic mass is 32.1. The summed E-state index contributed by atoms with van der Waals surface area (Å²) >= 11 is 1.65. The lowest BCUT2D eigenvalue weighted by molar-refractivity contribution is -0.192. The number of nitrogens with one attached hydrogen (secondary N) is 1. The number of aromatic nitrogens is 5. The number of nitrogens with zero attached hydrogens (tertiary/aromatic N) is 5. The van der Waals surface area contributed by atoms with Crippen LogP contribution in [0.5, 0.6) is 0 Å². The lowest BCUT2D eigenvalue weighted by Crippen LogP contribution is -2.38. The minimum absolute atomic E-state index is 0.0330. The topological polar surface area (TPSA) is 117 Å². The summed E-state index contributed by atoms with van der Waals surface area (Å²) in [5.41, 5.74) is 2.84. The minimum Gasteiger partial charge on any atom is -0.475 e. The van der Waals surface area contributed by atoms with E-state index >= 15 is 0 Å². The zero-order valence-corrected chi connectivity index (χ0v) is 17.4. The molecule has 0 atom stereocenters. The fraction of sp³-hybridized carbons (Fsp3) is 0.316. The first-order valence-electron chi connectivity index (χ1n) is 9.44. The number of alkyl halides is 3. The van der Waals surface area contributed by atoms with Gasteiger partial charge >= 0.3 is 12.1 Å². The van der Waals surface area contributed by atoms with E-state index in [1.165, 1.54) is 0 Å². The molecule has 0 saturated carbocycles. The summed E-state index contributed by atoms with van der Waals surface area (Å²) in [6.07, 6.45) is 5.32. The van der Waals surface area contributed by atoms with Crippen LogP contribution in [0.1, 0.15) is 24.6 Å². The zero-order chi connectivity index (χ0) is 23.1. The van der Waals surface area contributed by atoms with E-state index in [9.17, 15) is 18.0 Å². The van der Waals surface area contributed by atoms with E-state index < -0.39 is 12.1 Å². The second-order valence-electron chi connectivity index (χ2n) is 6.80. The Morgan fingerprint density at radius 3 is 2.56 bits per heavy atom. The summed E-state index contributed by atoms with van der Waals surface area (Å²) < 4.78 is 33.7. The second-order valence-corrected chi connectivity index (χ2v) is 7.58. The van der Waals surface area contributed by atoms with Gasteiger partial charge in [0.2, 0.25) is 5.91 Å². The Morgan fingerprint density at radius 1 is 1.28 bits per heavy atom. The van der Waals surface area contributed by atoms with Gasteiger partial charge in [0.1, 0.15) is 5.69 Å². The van der Waals surface area contributed by atoms with Gasteiger partial charge < -0.3 is 15.0 Å². The highest BCUT2D eigenvalue weighted by Gasteiger charge is 2.38. The number of H-pyrrole nitrogens is 1. The van der Waals surface area contributed by atoms with Crippen molar-refractivity contribution in [3.63, 3.8) is 0 Å². The Hall–Kier alpha value is -3.48. The number of aromatic amines is 1. The van der Waals surface area contributed by atoms with Gasteiger partial charge in [-0.05, 0) is 30.4 Å². The van der Waals surface area contributed by atoms with Crippen molar-refractivity contribution in [3.05, 3.63) is 47.3 Å². The largest absolute Gasteiger partial charge is 0.490 e. The molecule has 4 heterocycles. The van der Waals surface area contributed by atoms with Crippen molar-refractivity contribution in [2.45, 2.75) is 25.1 Å². The van der Waals surface area contributed by atoms with Gasteiger partial charge in [0.25, 0.3) is 0 Å². The van der Waals surface area contributed by atoms with Crippen LogP contribution >= 0.6 is 11.3 Å². The highest BCUT2D eigenvalue weighted by molar-refractivity contribution is 7.08. The molecule has 3 aromatic heterocycles. The number of hydrogen-bond donors (Lipinski definition) is 2. The van der Waals surface area contributed by atoms with E-state index in [0.717, 1.165) is 42.9 Å². The number of carboxylic acid groups (broad SMARTS) is 1. The van der Waals surface area contributed by atoms with Gasteiger partial charge in [-0.1, -0.05) is 5.21 Å². The number of thiophene rings is 1. The molecule has 170 valence electrons. The van der Waals surface area contributed by atoms with E-state index in [2.05, 4.69) is 25.7 Å². The summed E-state index contributed by atoms with van der Waals surface area (Å²) in [5, 5.41) is 19.8. The molecule has 0 unspecified atom stereocenters. The first kappa shape index (κ1) is 23.2. The molecule has 3 aromatic rings. The maximum Gasteiger partial charge on any atom is 0.490 e. The van der Waals surface area contributed by atoms with Crippen LogP contribution in [0.15, 0.2) is 41.6 Å². The summed E-state index contributed by atoms with van der Waals surface area (Å²) in [4.78, 5) is 29.9. The average molecular weight is 468 g/mol. The number of likely N-dealkylation sites (tertiary alicyclic amines) is 1. The van der Waals surface area contributed by atoms with Crippen LogP contribution in [-0.2, 0) is 9.59 Å². The molecule has 1 aliphatic rings. The molecule has 1 saturated heterocycles. The standard InChI is InChI=1S/C17H18N6OS.C2HF3O2/c24-17(2-1-14-9-18-12-19-14)22-6-3-15(4-7-22)23-10-16(20-21-23)13-5-8-25-11-13;3-2(4,5)1(6)7/h1-2,5,8-12,15H,3-4,6-7H2,(H,18,19);(H,6,7). The number of carboxylic acids is 1. The molecule has 0 radical (unpaired) electrons. The highest BCUT2D eigenvalue weighted by Crippen LogP contribution is 2.25. The van der Waals surface area contributed by atoms with Crippen molar-refractivity contribution in [1.29, 1.82) is 0 Å². The maximum atomic E-state index is 12.3. The van der Waals surface area contributed by atoms with Crippen LogP contribution in [0, 0.1) is 0 Å². The summed E-state index contributed by atoms with van der Waals surface area (Å²) in [6, 6.07) is 2.34. The van der Waals surface area contributed by atoms with Gasteiger partial charge in [0, 0.05) is 30.1 Å². The number of amides is 1. The number of hydrogen-bond acceptors (Lipinski definition) is 6. The molecule has 0 bridgehead atoms. The Bertz CT molecular complexity index is 1040. The molecule has 0 aliphatic carbocycles. The zero-order valence-electron chi connectivity index (χ0n) is 16.6. The molecule has 9 nitrogen and oxygen atoms in total. The third kappa shape index (κ3) is 6.26. The predicted molar refractivity (Wildman–Crippen MR) is 109 cm³/mol. The van der Waals surface area contributed by atoms with Crippen LogP contribution in [0.2, 0.25) is 0 Å². The van der Waals surface area contributed by atoms with Crippen LogP contribution in [-0.4, -0.2) is 66.1 Å². The molecule has 1 aliphatic heterocycles. The maximum absolute atomic E-state index is 12.3. The molecule has 1 amide bonds. The first-order valence-corrected chi connectivity index (χ1v) is 10.4. The lowest BCUT2D eigenvalue weighted by atomic mass is 10.1. The fourth-order valence-electron chi connectivity index (χ4n) is 2.97. The number of aliphatic carboxylic acids is 1. The van der Waals surface area contributed by atoms with Crippen molar-refractivity contribution in [1.82, 2.24) is 29.9 Å². The van der Waals surface area contributed by atoms with Gasteiger partial charge in [-0.3, -0.25) is 4.79 Å². The second kappa shape index (κ2) is 10.2. The van der Waals surface area contributed by atoms with Crippen LogP contribution < -0.4 is 0 Å². The monoisotopic (exact) mass is 468 g/mol. The van der Waals surface area contributed by atoms with Gasteiger partial charge in [-0.2, -0.15) is 24.5 Å². The minimum atomic E-state index is -5.08. The quantitative estimate of drug-likeness (QED) is 0.568. The van der Waals surface area contributed by atoms with Crippen LogP contribution in [0.4, 0.5) is 13.2 Å². The predicted octanol–water partition coefficient (Wildman–Crippen LogP) is 3.24. The van der Waals surface area contributed by atoms with Crippen molar-refractivity contribution < 1.29 is 27.9 Å². The third-order valence-corrected chi connectivity index (χ3v) is 5.33. The van der Waals surface area contributed by atoms with Gasteiger partial charge in [-0.15, -0.1) is 5.10 Å². The summed E-state index contributed by atoms with van der Waals surface area (Å²) in [7, 11) is 0. The number of imidazole rings is 1. The molecule has 32 heavy (non-hydrogen) atoms. The molecule has 1 fully saturated rings. The van der Waals surface area contributed by atoms with E-state index in [4.69, 9.17) is 9.90 Å². The number of piperidine rings is 1. The Morgan fingerprint density at radius 2 is 2.00 bits per heavy atom. The van der Waals surface area contributed by atoms with Gasteiger partial charge in [-0.25, -0.2) is 14.5 Å². The van der Waals surface area contributed by atoms with E-state index in [1.807, 2.05) is 27.2 Å². The summed E-state index contributed by atoms with van der Waals surface area (Å²) in [5.74, 6) is -2.72. The van der Waals surface area contributed by atoms with Crippen LogP contribution in [0.25, 0.3) is 17.3 Å². The third-order valence-electron chi connectivity index (χ3n) is 4.64. The molecule has 0 spiro atoms. The van der Waals surface area contributed by atoms with Crippen molar-refractivity contribution in [2.75, 3.05) is 13.1 Å². The molecule has 4 rings (SSSR count). The molecular formula is C19H19F3N6O3S. The number of halogens is 3. The van der Waals surface area contributed by atoms with E-state index in [1.54, 1.807) is 36.0 Å². The Labute approximate surface area is 184 Å². The van der Waals surface area contributed by atoms with Crippen molar-refractivity contribution in [2.24, 2.45) is 0 Å². The SMILES string of the molecule is O=C(C=Cc1cnc[nH]1)N1CCC(n2cc(-c3ccsc3)nn2)CC1.O=C(O)C(F)(F)F. The molecular weight excluding hydrogens is 449 g/mol. The molecule has 0 aromatic carbocycles. The normalized spacial score (nSPS) is 14.9. The van der Waals surface area contributed by atoms with E-state index in [0.29, 0.717) is 6.04 Å². The number of carbonyl (C=O) groups is 2. The number of carbonyl (C=O) groups excluding carboxylic acids is 1. The molecule has 13 heteroatoms. The first-order chi connectivity index (χ1) is 15.2. The average Bonchev–Trinajstić information content (AvgIpc) is 3.54. The lowest BCUT2D eigenvalue weighted by Gasteiger charge is -2.31. The van der Waals surface area contributed by atoms with Crippen molar-refractivity contribution in [3.8, 4) is 11.3 Å². The summed E-state index contributed by atoms with van der Waals surface area (Å²) in [6.45, 7) is 1.45. The van der Waals surface area contributed by atoms with Crippen LogP contribution in [0.3, 0.4) is 0 Å². The van der Waals surface area contributed by atoms with E-state index in [-0.39, 0.29) is 5.91 Å².